The molecule has 2 fully saturated rings. The fourth-order valence-electron chi connectivity index (χ4n) is 3.35. The zero-order valence-electron chi connectivity index (χ0n) is 16.8. The summed E-state index contributed by atoms with van der Waals surface area (Å²) >= 11 is 0. The van der Waals surface area contributed by atoms with Crippen LogP contribution in [-0.4, -0.2) is 54.2 Å². The van der Waals surface area contributed by atoms with Gasteiger partial charge in [-0.2, -0.15) is 0 Å². The van der Waals surface area contributed by atoms with Crippen molar-refractivity contribution in [2.24, 2.45) is 5.41 Å². The molecule has 0 saturated carbocycles. The zero-order chi connectivity index (χ0) is 19.1. The predicted octanol–water partition coefficient (Wildman–Crippen LogP) is 2.15. The number of carbonyl (C=O) groups is 1. The lowest BCUT2D eigenvalue weighted by molar-refractivity contribution is -0.168. The molecule has 0 aromatic heterocycles. The summed E-state index contributed by atoms with van der Waals surface area (Å²) in [6.07, 6.45) is 2.29. The lowest BCUT2D eigenvalue weighted by atomic mass is 9.68. The summed E-state index contributed by atoms with van der Waals surface area (Å²) in [5.74, 6) is -0.288. The molecule has 7 heteroatoms. The van der Waals surface area contributed by atoms with Gasteiger partial charge in [-0.05, 0) is 61.2 Å². The van der Waals surface area contributed by atoms with Gasteiger partial charge in [0.15, 0.2) is 0 Å². The first-order valence-corrected chi connectivity index (χ1v) is 9.25. The minimum atomic E-state index is -0.530. The van der Waals surface area contributed by atoms with Crippen molar-refractivity contribution in [1.29, 1.82) is 0 Å². The number of ether oxygens (including phenoxy) is 1. The molecule has 0 aliphatic carbocycles. The van der Waals surface area contributed by atoms with Gasteiger partial charge in [0.1, 0.15) is 11.6 Å². The fourth-order valence-corrected chi connectivity index (χ4v) is 3.35. The maximum absolute atomic E-state index is 12.4. The molecule has 2 N–H and O–H groups in total. The summed E-state index contributed by atoms with van der Waals surface area (Å²) in [6.45, 7) is 14.3. The number of carbonyl (C=O) groups excluding carboxylic acids is 1. The Labute approximate surface area is 152 Å². The van der Waals surface area contributed by atoms with Gasteiger partial charge in [0.2, 0.25) is 0 Å². The van der Waals surface area contributed by atoms with Crippen LogP contribution in [0, 0.1) is 5.41 Å². The smallest absolute Gasteiger partial charge is 0.457 e. The number of aliphatic hydroxyl groups is 1. The van der Waals surface area contributed by atoms with Crippen molar-refractivity contribution >= 4 is 13.1 Å². The molecule has 0 bridgehead atoms. The minimum absolute atomic E-state index is 0.0344. The molecular formula is C18H34BNO5. The number of rotatable bonds is 6. The topological polar surface area (TPSA) is 77.0 Å². The van der Waals surface area contributed by atoms with Crippen molar-refractivity contribution in [2.45, 2.75) is 90.5 Å². The molecule has 2 rings (SSSR count). The van der Waals surface area contributed by atoms with E-state index in [2.05, 4.69) is 5.32 Å². The molecule has 25 heavy (non-hydrogen) atoms. The highest BCUT2D eigenvalue weighted by molar-refractivity contribution is 6.45. The van der Waals surface area contributed by atoms with Gasteiger partial charge in [-0.25, -0.2) is 0 Å². The maximum atomic E-state index is 12.4. The highest BCUT2D eigenvalue weighted by atomic mass is 16.7. The molecule has 2 saturated heterocycles. The first-order valence-electron chi connectivity index (χ1n) is 9.25. The van der Waals surface area contributed by atoms with E-state index in [4.69, 9.17) is 14.0 Å². The molecule has 0 radical (unpaired) electrons. The van der Waals surface area contributed by atoms with E-state index in [1.807, 2.05) is 48.5 Å². The minimum Gasteiger partial charge on any atom is -0.459 e. The van der Waals surface area contributed by atoms with Gasteiger partial charge >= 0.3 is 13.1 Å². The van der Waals surface area contributed by atoms with Crippen LogP contribution in [0.2, 0.25) is 6.32 Å². The van der Waals surface area contributed by atoms with Gasteiger partial charge in [0.25, 0.3) is 0 Å². The molecule has 6 nitrogen and oxygen atoms in total. The normalized spacial score (nSPS) is 30.9. The van der Waals surface area contributed by atoms with Gasteiger partial charge in [-0.1, -0.05) is 6.42 Å². The van der Waals surface area contributed by atoms with E-state index < -0.39 is 17.1 Å². The summed E-state index contributed by atoms with van der Waals surface area (Å²) in [6, 6.07) is -0.449. The Balaban J connectivity index is 1.87. The van der Waals surface area contributed by atoms with Crippen molar-refractivity contribution in [3.63, 3.8) is 0 Å². The Morgan fingerprint density at radius 3 is 2.20 bits per heavy atom. The number of hydrogen-bond acceptors (Lipinski definition) is 6. The SMILES string of the molecule is CC(C)(C)OC(=O)[C@H]1NC[C@@]1(CO)CCCB1OC(C)(C)C(C)(C)O1. The average molecular weight is 355 g/mol. The predicted molar refractivity (Wildman–Crippen MR) is 97.3 cm³/mol. The molecule has 0 spiro atoms. The lowest BCUT2D eigenvalue weighted by Crippen LogP contribution is -2.68. The first kappa shape index (κ1) is 20.7. The number of aliphatic hydroxyl groups excluding tert-OH is 1. The Hall–Kier alpha value is -0.625. The second-order valence-electron chi connectivity index (χ2n) is 9.45. The van der Waals surface area contributed by atoms with Gasteiger partial charge in [-0.3, -0.25) is 4.79 Å². The Kier molecular flexibility index (Phi) is 5.66. The second-order valence-corrected chi connectivity index (χ2v) is 9.45. The molecule has 0 aromatic carbocycles. The summed E-state index contributed by atoms with van der Waals surface area (Å²) in [5, 5.41) is 13.0. The van der Waals surface area contributed by atoms with Crippen LogP contribution in [0.3, 0.4) is 0 Å². The number of hydrogen-bond donors (Lipinski definition) is 2. The molecule has 0 amide bonds. The van der Waals surface area contributed by atoms with Gasteiger partial charge in [0, 0.05) is 12.0 Å². The number of esters is 1. The summed E-state index contributed by atoms with van der Waals surface area (Å²) in [7, 11) is -0.242. The van der Waals surface area contributed by atoms with Crippen LogP contribution < -0.4 is 5.32 Å². The fraction of sp³-hybridized carbons (Fsp3) is 0.944. The third kappa shape index (κ3) is 4.38. The van der Waals surface area contributed by atoms with E-state index in [1.165, 1.54) is 0 Å². The van der Waals surface area contributed by atoms with Crippen molar-refractivity contribution in [3.05, 3.63) is 0 Å². The molecule has 144 valence electrons. The van der Waals surface area contributed by atoms with Gasteiger partial charge in [0.05, 0.1) is 17.8 Å². The standard InChI is InChI=1S/C18H34BNO5/c1-15(2,3)23-14(22)13-18(12-21,11-20-13)9-8-10-19-24-16(4,5)17(6,7)25-19/h13,20-21H,8-12H2,1-7H3/t13-,18-/m1/s1. The second kappa shape index (κ2) is 6.84. The summed E-state index contributed by atoms with van der Waals surface area (Å²) in [4.78, 5) is 12.4. The third-order valence-electron chi connectivity index (χ3n) is 5.64. The van der Waals surface area contributed by atoms with E-state index in [0.717, 1.165) is 19.2 Å². The molecule has 0 aromatic rings. The molecule has 2 heterocycles. The molecule has 2 aliphatic heterocycles. The average Bonchev–Trinajstić information content (AvgIpc) is 2.59. The molecule has 0 unspecified atom stereocenters. The van der Waals surface area contributed by atoms with E-state index >= 15 is 0 Å². The van der Waals surface area contributed by atoms with Crippen LogP contribution >= 0.6 is 0 Å². The third-order valence-corrected chi connectivity index (χ3v) is 5.64. The molecule has 2 atom stereocenters. The zero-order valence-corrected chi connectivity index (χ0v) is 16.8. The van der Waals surface area contributed by atoms with Crippen molar-refractivity contribution in [1.82, 2.24) is 5.32 Å². The van der Waals surface area contributed by atoms with E-state index in [0.29, 0.717) is 6.54 Å². The molecular weight excluding hydrogens is 321 g/mol. The van der Waals surface area contributed by atoms with Crippen LogP contribution in [0.25, 0.3) is 0 Å². The van der Waals surface area contributed by atoms with Crippen LogP contribution in [0.1, 0.15) is 61.3 Å². The Morgan fingerprint density at radius 2 is 1.80 bits per heavy atom. The van der Waals surface area contributed by atoms with Crippen molar-refractivity contribution in [2.75, 3.05) is 13.2 Å². The quantitative estimate of drug-likeness (QED) is 0.562. The van der Waals surface area contributed by atoms with Crippen LogP contribution in [0.15, 0.2) is 0 Å². The summed E-state index contributed by atoms with van der Waals surface area (Å²) < 4.78 is 17.5. The Morgan fingerprint density at radius 1 is 1.24 bits per heavy atom. The van der Waals surface area contributed by atoms with Crippen LogP contribution in [-0.2, 0) is 18.8 Å². The monoisotopic (exact) mass is 355 g/mol. The Bertz CT molecular complexity index is 482. The number of nitrogens with one attached hydrogen (secondary N) is 1. The van der Waals surface area contributed by atoms with Crippen LogP contribution in [0.4, 0.5) is 0 Å². The highest BCUT2D eigenvalue weighted by Crippen LogP contribution is 2.40. The highest BCUT2D eigenvalue weighted by Gasteiger charge is 2.53. The van der Waals surface area contributed by atoms with E-state index in [1.54, 1.807) is 0 Å². The lowest BCUT2D eigenvalue weighted by Gasteiger charge is -2.48. The van der Waals surface area contributed by atoms with Crippen LogP contribution in [0.5, 0.6) is 0 Å². The van der Waals surface area contributed by atoms with Gasteiger partial charge in [-0.15, -0.1) is 0 Å². The van der Waals surface area contributed by atoms with E-state index in [9.17, 15) is 9.90 Å². The summed E-state index contributed by atoms with van der Waals surface area (Å²) in [5.41, 5.74) is -1.64. The van der Waals surface area contributed by atoms with E-state index in [-0.39, 0.29) is 30.9 Å². The first-order chi connectivity index (χ1) is 11.3. The largest absolute Gasteiger partial charge is 0.459 e. The molecule has 2 aliphatic rings. The van der Waals surface area contributed by atoms with Crippen molar-refractivity contribution in [3.8, 4) is 0 Å². The van der Waals surface area contributed by atoms with Crippen molar-refractivity contribution < 1.29 is 23.9 Å². The maximum Gasteiger partial charge on any atom is 0.457 e. The van der Waals surface area contributed by atoms with Gasteiger partial charge < -0.3 is 24.5 Å².